The van der Waals surface area contributed by atoms with Crippen LogP contribution in [-0.4, -0.2) is 22.1 Å². The van der Waals surface area contributed by atoms with Crippen molar-refractivity contribution in [2.24, 2.45) is 0 Å². The van der Waals surface area contributed by atoms with Gasteiger partial charge < -0.3 is 20.7 Å². The molecule has 0 aliphatic carbocycles. The molecule has 0 bridgehead atoms. The first-order valence-corrected chi connectivity index (χ1v) is 5.72. The summed E-state index contributed by atoms with van der Waals surface area (Å²) in [7, 11) is 0. The summed E-state index contributed by atoms with van der Waals surface area (Å²) in [6, 6.07) is 6.11. The van der Waals surface area contributed by atoms with Crippen molar-refractivity contribution in [2.75, 3.05) is 10.6 Å². The quantitative estimate of drug-likeness (QED) is 0.694. The lowest BCUT2D eigenvalue weighted by molar-refractivity contribution is 0.0692. The minimum absolute atomic E-state index is 0.100. The molecule has 104 valence electrons. The summed E-state index contributed by atoms with van der Waals surface area (Å²) < 4.78 is 12.7. The highest BCUT2D eigenvalue weighted by Gasteiger charge is 2.15. The Hall–Kier alpha value is -2.83. The van der Waals surface area contributed by atoms with Crippen molar-refractivity contribution >= 4 is 23.4 Å². The molecule has 0 aliphatic heterocycles. The van der Waals surface area contributed by atoms with Gasteiger partial charge in [0, 0.05) is 11.4 Å². The Labute approximate surface area is 113 Å². The molecule has 0 radical (unpaired) electrons. The van der Waals surface area contributed by atoms with Crippen LogP contribution in [-0.2, 0) is 0 Å². The molecule has 2 rings (SSSR count). The predicted octanol–water partition coefficient (Wildman–Crippen LogP) is 2.80. The molecule has 2 amide bonds. The van der Waals surface area contributed by atoms with Gasteiger partial charge in [0.2, 0.25) is 0 Å². The number of rotatable bonds is 3. The van der Waals surface area contributed by atoms with Gasteiger partial charge in [-0.2, -0.15) is 0 Å². The van der Waals surface area contributed by atoms with Gasteiger partial charge in [-0.15, -0.1) is 0 Å². The fourth-order valence-electron chi connectivity index (χ4n) is 1.67. The van der Waals surface area contributed by atoms with Crippen LogP contribution in [0.5, 0.6) is 0 Å². The Kier molecular flexibility index (Phi) is 3.69. The molecule has 0 spiro atoms. The van der Waals surface area contributed by atoms with E-state index in [1.54, 1.807) is 6.92 Å². The summed E-state index contributed by atoms with van der Waals surface area (Å²) in [5.41, 5.74) is 1.07. The highest BCUT2D eigenvalue weighted by atomic mass is 19.1. The number of nitrogens with one attached hydrogen (secondary N) is 3. The zero-order valence-electron chi connectivity index (χ0n) is 10.5. The first-order chi connectivity index (χ1) is 9.45. The average Bonchev–Trinajstić information content (AvgIpc) is 2.73. The van der Waals surface area contributed by atoms with Crippen molar-refractivity contribution in [1.82, 2.24) is 4.98 Å². The highest BCUT2D eigenvalue weighted by Crippen LogP contribution is 2.17. The second-order valence-electron chi connectivity index (χ2n) is 4.13. The maximum atomic E-state index is 12.7. The number of hydrogen-bond donors (Lipinski definition) is 4. The minimum Gasteiger partial charge on any atom is -0.477 e. The van der Waals surface area contributed by atoms with Crippen LogP contribution in [0, 0.1) is 12.7 Å². The average molecular weight is 277 g/mol. The molecule has 0 saturated heterocycles. The standard InChI is InChI=1S/C13H12FN3O3/c1-7-6-10(11(15-7)12(18)19)17-13(20)16-9-4-2-8(14)3-5-9/h2-6,15H,1H3,(H,18,19)(H2,16,17,20). The number of anilines is 2. The Morgan fingerprint density at radius 1 is 1.20 bits per heavy atom. The van der Waals surface area contributed by atoms with Gasteiger partial charge in [0.05, 0.1) is 5.69 Å². The fraction of sp³-hybridized carbons (Fsp3) is 0.0769. The Bertz CT molecular complexity index is 649. The van der Waals surface area contributed by atoms with Crippen LogP contribution in [0.25, 0.3) is 0 Å². The van der Waals surface area contributed by atoms with Gasteiger partial charge in [0.1, 0.15) is 11.5 Å². The zero-order chi connectivity index (χ0) is 14.7. The number of carboxylic acids is 1. The largest absolute Gasteiger partial charge is 0.477 e. The molecule has 0 atom stereocenters. The lowest BCUT2D eigenvalue weighted by Crippen LogP contribution is -2.20. The van der Waals surface area contributed by atoms with E-state index in [0.717, 1.165) is 0 Å². The van der Waals surface area contributed by atoms with E-state index < -0.39 is 17.8 Å². The Morgan fingerprint density at radius 2 is 1.85 bits per heavy atom. The molecular weight excluding hydrogens is 265 g/mol. The minimum atomic E-state index is -1.17. The first kappa shape index (κ1) is 13.6. The van der Waals surface area contributed by atoms with Gasteiger partial charge >= 0.3 is 12.0 Å². The third kappa shape index (κ3) is 3.14. The van der Waals surface area contributed by atoms with Gasteiger partial charge in [-0.1, -0.05) is 0 Å². The molecule has 0 aliphatic rings. The van der Waals surface area contributed by atoms with Gasteiger partial charge in [-0.25, -0.2) is 14.0 Å². The molecule has 2 aromatic rings. The van der Waals surface area contributed by atoms with Crippen LogP contribution in [0.4, 0.5) is 20.6 Å². The number of hydrogen-bond acceptors (Lipinski definition) is 2. The van der Waals surface area contributed by atoms with Crippen LogP contribution in [0.3, 0.4) is 0 Å². The first-order valence-electron chi connectivity index (χ1n) is 5.72. The lowest BCUT2D eigenvalue weighted by Gasteiger charge is -2.07. The summed E-state index contributed by atoms with van der Waals surface area (Å²) in [6.45, 7) is 1.68. The molecule has 20 heavy (non-hydrogen) atoms. The predicted molar refractivity (Wildman–Crippen MR) is 71.5 cm³/mol. The number of halogens is 1. The van der Waals surface area contributed by atoms with Gasteiger partial charge in [-0.05, 0) is 37.3 Å². The molecule has 4 N–H and O–H groups in total. The second-order valence-corrected chi connectivity index (χ2v) is 4.13. The molecular formula is C13H12FN3O3. The van der Waals surface area contributed by atoms with Crippen molar-refractivity contribution < 1.29 is 19.1 Å². The third-order valence-electron chi connectivity index (χ3n) is 2.52. The maximum absolute atomic E-state index is 12.7. The lowest BCUT2D eigenvalue weighted by atomic mass is 10.3. The third-order valence-corrected chi connectivity index (χ3v) is 2.52. The molecule has 7 heteroatoms. The van der Waals surface area contributed by atoms with Gasteiger partial charge in [-0.3, -0.25) is 0 Å². The normalized spacial score (nSPS) is 10.1. The molecule has 1 aromatic heterocycles. The summed E-state index contributed by atoms with van der Waals surface area (Å²) >= 11 is 0. The summed E-state index contributed by atoms with van der Waals surface area (Å²) in [5.74, 6) is -1.58. The van der Waals surface area contributed by atoms with Crippen molar-refractivity contribution in [1.29, 1.82) is 0 Å². The van der Waals surface area contributed by atoms with Crippen LogP contribution in [0.1, 0.15) is 16.2 Å². The fourth-order valence-corrected chi connectivity index (χ4v) is 1.67. The van der Waals surface area contributed by atoms with Crippen molar-refractivity contribution in [3.8, 4) is 0 Å². The monoisotopic (exact) mass is 277 g/mol. The van der Waals surface area contributed by atoms with Crippen LogP contribution in [0.2, 0.25) is 0 Å². The van der Waals surface area contributed by atoms with Gasteiger partial charge in [0.15, 0.2) is 0 Å². The Balaban J connectivity index is 2.08. The summed E-state index contributed by atoms with van der Waals surface area (Å²) in [5, 5.41) is 13.9. The molecule has 0 saturated carbocycles. The SMILES string of the molecule is Cc1cc(NC(=O)Nc2ccc(F)cc2)c(C(=O)O)[nH]1. The number of amides is 2. The topological polar surface area (TPSA) is 94.2 Å². The number of H-pyrrole nitrogens is 1. The van der Waals surface area contributed by atoms with Crippen LogP contribution < -0.4 is 10.6 Å². The number of urea groups is 1. The number of aromatic carboxylic acids is 1. The second kappa shape index (κ2) is 5.43. The van der Waals surface area contributed by atoms with Crippen LogP contribution >= 0.6 is 0 Å². The van der Waals surface area contributed by atoms with E-state index in [2.05, 4.69) is 15.6 Å². The number of carboxylic acid groups (broad SMARTS) is 1. The van der Waals surface area contributed by atoms with E-state index in [0.29, 0.717) is 11.4 Å². The van der Waals surface area contributed by atoms with E-state index in [-0.39, 0.29) is 11.4 Å². The summed E-state index contributed by atoms with van der Waals surface area (Å²) in [6.07, 6.45) is 0. The number of aromatic amines is 1. The van der Waals surface area contributed by atoms with Crippen molar-refractivity contribution in [2.45, 2.75) is 6.92 Å². The van der Waals surface area contributed by atoms with E-state index in [4.69, 9.17) is 5.11 Å². The molecule has 0 unspecified atom stereocenters. The number of carbonyl (C=O) groups is 2. The summed E-state index contributed by atoms with van der Waals surface area (Å²) in [4.78, 5) is 25.3. The number of aryl methyl sites for hydroxylation is 1. The molecule has 1 aromatic carbocycles. The van der Waals surface area contributed by atoms with E-state index >= 15 is 0 Å². The molecule has 6 nitrogen and oxygen atoms in total. The van der Waals surface area contributed by atoms with Gasteiger partial charge in [0.25, 0.3) is 0 Å². The molecule has 0 fully saturated rings. The maximum Gasteiger partial charge on any atom is 0.354 e. The zero-order valence-corrected chi connectivity index (χ0v) is 10.5. The molecule has 1 heterocycles. The van der Waals surface area contributed by atoms with Crippen molar-refractivity contribution in [3.05, 3.63) is 47.5 Å². The van der Waals surface area contributed by atoms with Crippen LogP contribution in [0.15, 0.2) is 30.3 Å². The number of aromatic nitrogens is 1. The van der Waals surface area contributed by atoms with E-state index in [1.165, 1.54) is 30.3 Å². The smallest absolute Gasteiger partial charge is 0.354 e. The van der Waals surface area contributed by atoms with E-state index in [1.807, 2.05) is 0 Å². The van der Waals surface area contributed by atoms with Crippen molar-refractivity contribution in [3.63, 3.8) is 0 Å². The van der Waals surface area contributed by atoms with E-state index in [9.17, 15) is 14.0 Å². The number of benzene rings is 1. The number of carbonyl (C=O) groups excluding carboxylic acids is 1. The Morgan fingerprint density at radius 3 is 2.45 bits per heavy atom. The highest BCUT2D eigenvalue weighted by molar-refractivity contribution is 6.04.